The van der Waals surface area contributed by atoms with Crippen molar-refractivity contribution in [2.24, 2.45) is 0 Å². The molecule has 0 aliphatic carbocycles. The highest BCUT2D eigenvalue weighted by Gasteiger charge is 2.31. The summed E-state index contributed by atoms with van der Waals surface area (Å²) < 4.78 is 0. The van der Waals surface area contributed by atoms with E-state index in [1.807, 2.05) is 0 Å². The highest BCUT2D eigenvalue weighted by atomic mass is 16.2. The monoisotopic (exact) mass is 533 g/mol. The Bertz CT molecular complexity index is 951. The van der Waals surface area contributed by atoms with Gasteiger partial charge >= 0.3 is 11.8 Å². The zero-order chi connectivity index (χ0) is 27.5. The van der Waals surface area contributed by atoms with Crippen LogP contribution in [0.5, 0.6) is 0 Å². The molecule has 0 spiro atoms. The lowest BCUT2D eigenvalue weighted by Gasteiger charge is -2.36. The van der Waals surface area contributed by atoms with E-state index >= 15 is 0 Å². The second-order valence-electron chi connectivity index (χ2n) is 9.24. The third-order valence-corrected chi connectivity index (χ3v) is 6.58. The molecule has 3 rings (SSSR count). The molecule has 38 heavy (non-hydrogen) atoms. The molecular formula is C24H35N7O7. The lowest BCUT2D eigenvalue weighted by molar-refractivity contribution is -0.154. The molecule has 7 amide bonds. The molecular weight excluding hydrogens is 498 g/mol. The van der Waals surface area contributed by atoms with Crippen LogP contribution in [0.2, 0.25) is 0 Å². The number of imide groups is 1. The molecule has 208 valence electrons. The van der Waals surface area contributed by atoms with E-state index in [1.165, 1.54) is 26.9 Å². The molecule has 0 saturated carbocycles. The van der Waals surface area contributed by atoms with Crippen LogP contribution in [0.25, 0.3) is 0 Å². The SMILES string of the molecule is O=C(CCCCCN1C(=O)C=CC1=O)NCC(=O)NCC(=O)N1CCN(C(=O)C(=O)N2CCNCC2)CC1. The van der Waals surface area contributed by atoms with Gasteiger partial charge in [0.25, 0.3) is 11.8 Å². The number of hydrogen-bond acceptors (Lipinski definition) is 8. The number of nitrogens with zero attached hydrogens (tertiary/aromatic N) is 4. The van der Waals surface area contributed by atoms with Crippen molar-refractivity contribution in [1.29, 1.82) is 0 Å². The van der Waals surface area contributed by atoms with E-state index in [0.717, 1.165) is 4.90 Å². The van der Waals surface area contributed by atoms with Crippen molar-refractivity contribution >= 4 is 41.4 Å². The first-order valence-electron chi connectivity index (χ1n) is 12.9. The van der Waals surface area contributed by atoms with Crippen LogP contribution in [0.1, 0.15) is 25.7 Å². The zero-order valence-corrected chi connectivity index (χ0v) is 21.4. The van der Waals surface area contributed by atoms with Gasteiger partial charge in [-0.1, -0.05) is 6.42 Å². The molecule has 3 N–H and O–H groups in total. The predicted molar refractivity (Wildman–Crippen MR) is 133 cm³/mol. The Morgan fingerprint density at radius 2 is 1.24 bits per heavy atom. The Morgan fingerprint density at radius 3 is 1.87 bits per heavy atom. The summed E-state index contributed by atoms with van der Waals surface area (Å²) in [5.41, 5.74) is 0. The maximum atomic E-state index is 12.5. The molecule has 0 aromatic carbocycles. The lowest BCUT2D eigenvalue weighted by atomic mass is 10.2. The van der Waals surface area contributed by atoms with Gasteiger partial charge in [-0.05, 0) is 12.8 Å². The molecule has 2 saturated heterocycles. The number of nitrogens with one attached hydrogen (secondary N) is 3. The Morgan fingerprint density at radius 1 is 0.684 bits per heavy atom. The minimum atomic E-state index is -0.558. The van der Waals surface area contributed by atoms with Gasteiger partial charge in [-0.15, -0.1) is 0 Å². The number of unbranched alkanes of at least 4 members (excludes halogenated alkanes) is 2. The maximum Gasteiger partial charge on any atom is 0.312 e. The number of amides is 7. The van der Waals surface area contributed by atoms with Crippen LogP contribution in [0, 0.1) is 0 Å². The summed E-state index contributed by atoms with van der Waals surface area (Å²) in [6.45, 7) is 3.13. The Kier molecular flexibility index (Phi) is 10.8. The predicted octanol–water partition coefficient (Wildman–Crippen LogP) is -3.19. The van der Waals surface area contributed by atoms with Gasteiger partial charge in [-0.2, -0.15) is 0 Å². The van der Waals surface area contributed by atoms with Gasteiger partial charge in [0.1, 0.15) is 0 Å². The third-order valence-electron chi connectivity index (χ3n) is 6.58. The fraction of sp³-hybridized carbons (Fsp3) is 0.625. The smallest absolute Gasteiger partial charge is 0.312 e. The van der Waals surface area contributed by atoms with Gasteiger partial charge in [0, 0.05) is 77.5 Å². The van der Waals surface area contributed by atoms with E-state index in [4.69, 9.17) is 0 Å². The van der Waals surface area contributed by atoms with Gasteiger partial charge in [0.15, 0.2) is 0 Å². The van der Waals surface area contributed by atoms with Crippen LogP contribution < -0.4 is 16.0 Å². The van der Waals surface area contributed by atoms with E-state index in [0.29, 0.717) is 52.0 Å². The quantitative estimate of drug-likeness (QED) is 0.150. The summed E-state index contributed by atoms with van der Waals surface area (Å²) >= 11 is 0. The van der Waals surface area contributed by atoms with Gasteiger partial charge in [0.2, 0.25) is 17.7 Å². The highest BCUT2D eigenvalue weighted by molar-refractivity contribution is 6.35. The number of piperazine rings is 2. The fourth-order valence-electron chi connectivity index (χ4n) is 4.30. The Hall–Kier alpha value is -3.81. The standard InChI is InChI=1S/C24H35N7O7/c32-18(4-2-1-3-9-31-20(34)5-6-21(31)35)26-16-19(33)27-17-22(36)28-12-14-30(15-13-28)24(38)23(37)29-10-7-25-8-11-29/h5-6,25H,1-4,7-17H2,(H,26,32)(H,27,33). The average Bonchev–Trinajstić information content (AvgIpc) is 3.26. The van der Waals surface area contributed by atoms with E-state index in [9.17, 15) is 33.6 Å². The van der Waals surface area contributed by atoms with E-state index in [-0.39, 0.29) is 69.3 Å². The van der Waals surface area contributed by atoms with Gasteiger partial charge in [0.05, 0.1) is 13.1 Å². The normalized spacial score (nSPS) is 17.6. The molecule has 3 aliphatic heterocycles. The van der Waals surface area contributed by atoms with Crippen molar-refractivity contribution in [2.75, 3.05) is 72.0 Å². The summed E-state index contributed by atoms with van der Waals surface area (Å²) in [4.78, 5) is 89.8. The molecule has 14 nitrogen and oxygen atoms in total. The molecule has 14 heteroatoms. The first kappa shape index (κ1) is 28.8. The molecule has 0 atom stereocenters. The molecule has 0 aromatic heterocycles. The number of rotatable bonds is 10. The van der Waals surface area contributed by atoms with Gasteiger partial charge in [-0.3, -0.25) is 38.5 Å². The van der Waals surface area contributed by atoms with Crippen LogP contribution in [0.3, 0.4) is 0 Å². The van der Waals surface area contributed by atoms with Crippen molar-refractivity contribution in [3.63, 3.8) is 0 Å². The van der Waals surface area contributed by atoms with Crippen LogP contribution in [0.15, 0.2) is 12.2 Å². The second-order valence-corrected chi connectivity index (χ2v) is 9.24. The van der Waals surface area contributed by atoms with Gasteiger partial charge < -0.3 is 30.7 Å². The average molecular weight is 534 g/mol. The van der Waals surface area contributed by atoms with Crippen molar-refractivity contribution in [3.8, 4) is 0 Å². The summed E-state index contributed by atoms with van der Waals surface area (Å²) in [7, 11) is 0. The number of carbonyl (C=O) groups excluding carboxylic acids is 7. The van der Waals surface area contributed by atoms with E-state index in [1.54, 1.807) is 0 Å². The van der Waals surface area contributed by atoms with Crippen LogP contribution in [-0.4, -0.2) is 133 Å². The van der Waals surface area contributed by atoms with Crippen LogP contribution in [-0.2, 0) is 33.6 Å². The zero-order valence-electron chi connectivity index (χ0n) is 21.4. The third kappa shape index (κ3) is 8.36. The lowest BCUT2D eigenvalue weighted by Crippen LogP contribution is -2.57. The Balaban J connectivity index is 1.23. The molecule has 3 heterocycles. The van der Waals surface area contributed by atoms with E-state index < -0.39 is 17.7 Å². The largest absolute Gasteiger partial charge is 0.347 e. The molecule has 3 aliphatic rings. The highest BCUT2D eigenvalue weighted by Crippen LogP contribution is 2.08. The summed E-state index contributed by atoms with van der Waals surface area (Å²) in [6.07, 6.45) is 4.45. The van der Waals surface area contributed by atoms with Crippen molar-refractivity contribution in [3.05, 3.63) is 12.2 Å². The second kappa shape index (κ2) is 14.2. The molecule has 0 unspecified atom stereocenters. The molecule has 2 fully saturated rings. The molecule has 0 aromatic rings. The van der Waals surface area contributed by atoms with Gasteiger partial charge in [-0.25, -0.2) is 0 Å². The van der Waals surface area contributed by atoms with Crippen LogP contribution in [0.4, 0.5) is 0 Å². The van der Waals surface area contributed by atoms with E-state index in [2.05, 4.69) is 16.0 Å². The number of hydrogen-bond donors (Lipinski definition) is 3. The minimum absolute atomic E-state index is 0.201. The van der Waals surface area contributed by atoms with Crippen LogP contribution >= 0.6 is 0 Å². The number of carbonyl (C=O) groups is 7. The Labute approximate surface area is 220 Å². The summed E-state index contributed by atoms with van der Waals surface area (Å²) in [5.74, 6) is -2.85. The molecule has 0 bridgehead atoms. The summed E-state index contributed by atoms with van der Waals surface area (Å²) in [6, 6.07) is 0. The summed E-state index contributed by atoms with van der Waals surface area (Å²) in [5, 5.41) is 8.11. The first-order valence-corrected chi connectivity index (χ1v) is 12.9. The van der Waals surface area contributed by atoms with Crippen molar-refractivity contribution < 1.29 is 33.6 Å². The minimum Gasteiger partial charge on any atom is -0.347 e. The van der Waals surface area contributed by atoms with Crippen molar-refractivity contribution in [2.45, 2.75) is 25.7 Å². The van der Waals surface area contributed by atoms with Crippen molar-refractivity contribution in [1.82, 2.24) is 35.6 Å². The fourth-order valence-corrected chi connectivity index (χ4v) is 4.30. The maximum absolute atomic E-state index is 12.5. The first-order chi connectivity index (χ1) is 18.3. The molecule has 0 radical (unpaired) electrons. The topological polar surface area (TPSA) is 169 Å².